The molecule has 4 nitrogen and oxygen atoms in total. The van der Waals surface area contributed by atoms with Crippen molar-refractivity contribution in [3.63, 3.8) is 0 Å². The average molecular weight is 460 g/mol. The van der Waals surface area contributed by atoms with Crippen molar-refractivity contribution >= 4 is 5.97 Å². The maximum Gasteiger partial charge on any atom is 0.306 e. The van der Waals surface area contributed by atoms with Crippen molar-refractivity contribution in [1.82, 2.24) is 0 Å². The Bertz CT molecular complexity index is 910. The molecule has 0 heterocycles. The molecule has 0 aromatic heterocycles. The van der Waals surface area contributed by atoms with Gasteiger partial charge in [-0.05, 0) is 48.2 Å². The van der Waals surface area contributed by atoms with Gasteiger partial charge in [-0.3, -0.25) is 4.79 Å². The molecule has 1 atom stereocenters. The molecule has 0 aliphatic heterocycles. The van der Waals surface area contributed by atoms with Gasteiger partial charge in [-0.1, -0.05) is 81.5 Å². The highest BCUT2D eigenvalue weighted by atomic mass is 16.5. The molecule has 1 unspecified atom stereocenters. The first-order valence-corrected chi connectivity index (χ1v) is 12.3. The van der Waals surface area contributed by atoms with Gasteiger partial charge in [-0.2, -0.15) is 5.26 Å². The number of hydrogen-bond donors (Lipinski definition) is 0. The van der Waals surface area contributed by atoms with Crippen molar-refractivity contribution in [3.8, 4) is 22.9 Å². The number of rotatable bonds is 17. The van der Waals surface area contributed by atoms with Crippen LogP contribution in [-0.4, -0.2) is 18.7 Å². The van der Waals surface area contributed by atoms with Gasteiger partial charge in [0.15, 0.2) is 0 Å². The fraction of sp³-hybridized carbons (Fsp3) is 0.400. The van der Waals surface area contributed by atoms with Gasteiger partial charge in [-0.15, -0.1) is 6.58 Å². The summed E-state index contributed by atoms with van der Waals surface area (Å²) in [5.74, 6) is 0.746. The van der Waals surface area contributed by atoms with Crippen molar-refractivity contribution in [2.75, 3.05) is 6.61 Å². The molecule has 0 spiro atoms. The summed E-state index contributed by atoms with van der Waals surface area (Å²) in [5.41, 5.74) is 2.88. The van der Waals surface area contributed by atoms with E-state index in [1.54, 1.807) is 12.2 Å². The number of carbonyl (C=O) groups is 1. The first kappa shape index (κ1) is 26.9. The monoisotopic (exact) mass is 459 g/mol. The largest absolute Gasteiger partial charge is 0.494 e. The Morgan fingerprint density at radius 1 is 0.853 bits per heavy atom. The van der Waals surface area contributed by atoms with E-state index in [-0.39, 0.29) is 12.1 Å². The van der Waals surface area contributed by atoms with E-state index in [9.17, 15) is 4.79 Å². The molecule has 0 saturated carbocycles. The Morgan fingerprint density at radius 3 is 1.97 bits per heavy atom. The zero-order chi connectivity index (χ0) is 24.4. The minimum atomic E-state index is -0.248. The molecule has 2 aromatic carbocycles. The van der Waals surface area contributed by atoms with E-state index in [2.05, 4.69) is 31.4 Å². The normalized spacial score (nSPS) is 11.3. The summed E-state index contributed by atoms with van der Waals surface area (Å²) >= 11 is 0. The van der Waals surface area contributed by atoms with Gasteiger partial charge in [0.1, 0.15) is 11.9 Å². The zero-order valence-corrected chi connectivity index (χ0v) is 20.2. The smallest absolute Gasteiger partial charge is 0.306 e. The van der Waals surface area contributed by atoms with Gasteiger partial charge >= 0.3 is 5.97 Å². The lowest BCUT2D eigenvalue weighted by Crippen LogP contribution is -2.14. The number of ether oxygens (including phenoxy) is 2. The highest BCUT2D eigenvalue weighted by Crippen LogP contribution is 2.23. The standard InChI is InChI=1S/C30H37NO3/c1-3-13-28(4-2)34-30(32)14-11-9-7-5-6-8-10-12-23-33-29-21-19-27(20-22-29)26-17-15-25(24-31)16-18-26/h3-4,15-22,28H,1-2,5-14,23H2. The molecule has 2 aromatic rings. The summed E-state index contributed by atoms with van der Waals surface area (Å²) in [4.78, 5) is 11.8. The molecule has 0 saturated heterocycles. The minimum Gasteiger partial charge on any atom is -0.494 e. The average Bonchev–Trinajstić information content (AvgIpc) is 2.87. The third-order valence-corrected chi connectivity index (χ3v) is 5.69. The molecule has 0 N–H and O–H groups in total. The van der Waals surface area contributed by atoms with Gasteiger partial charge in [0, 0.05) is 12.8 Å². The zero-order valence-electron chi connectivity index (χ0n) is 20.2. The highest BCUT2D eigenvalue weighted by molar-refractivity contribution is 5.69. The van der Waals surface area contributed by atoms with Crippen molar-refractivity contribution in [2.45, 2.75) is 70.3 Å². The molecule has 0 fully saturated rings. The summed E-state index contributed by atoms with van der Waals surface area (Å²) in [6.07, 6.45) is 13.2. The summed E-state index contributed by atoms with van der Waals surface area (Å²) in [7, 11) is 0. The number of benzene rings is 2. The first-order valence-electron chi connectivity index (χ1n) is 12.3. The van der Waals surface area contributed by atoms with Crippen LogP contribution >= 0.6 is 0 Å². The predicted molar refractivity (Wildman–Crippen MR) is 139 cm³/mol. The highest BCUT2D eigenvalue weighted by Gasteiger charge is 2.09. The minimum absolute atomic E-state index is 0.143. The summed E-state index contributed by atoms with van der Waals surface area (Å²) in [6, 6.07) is 17.8. The molecular formula is C30H37NO3. The Kier molecular flexibility index (Phi) is 12.9. The molecule has 2 rings (SSSR count). The molecule has 0 aliphatic rings. The molecule has 0 aliphatic carbocycles. The molecule has 0 bridgehead atoms. The van der Waals surface area contributed by atoms with Gasteiger partial charge in [-0.25, -0.2) is 0 Å². The van der Waals surface area contributed by atoms with Crippen molar-refractivity contribution in [2.24, 2.45) is 0 Å². The van der Waals surface area contributed by atoms with Crippen LogP contribution in [-0.2, 0) is 9.53 Å². The number of nitriles is 1. The second-order valence-corrected chi connectivity index (χ2v) is 8.43. The van der Waals surface area contributed by atoms with Crippen LogP contribution in [0.4, 0.5) is 0 Å². The van der Waals surface area contributed by atoms with Gasteiger partial charge in [0.2, 0.25) is 0 Å². The summed E-state index contributed by atoms with van der Waals surface area (Å²) < 4.78 is 11.2. The number of hydrogen-bond acceptors (Lipinski definition) is 4. The Hall–Kier alpha value is -3.32. The van der Waals surface area contributed by atoms with Gasteiger partial charge in [0.25, 0.3) is 0 Å². The van der Waals surface area contributed by atoms with Crippen molar-refractivity contribution < 1.29 is 14.3 Å². The first-order chi connectivity index (χ1) is 16.7. The Labute approximate surface area is 204 Å². The van der Waals surface area contributed by atoms with E-state index < -0.39 is 0 Å². The molecule has 180 valence electrons. The molecular weight excluding hydrogens is 422 g/mol. The second-order valence-electron chi connectivity index (χ2n) is 8.43. The van der Waals surface area contributed by atoms with Crippen LogP contribution in [0.1, 0.15) is 69.8 Å². The van der Waals surface area contributed by atoms with E-state index in [1.165, 1.54) is 25.7 Å². The van der Waals surface area contributed by atoms with Crippen molar-refractivity contribution in [3.05, 3.63) is 79.4 Å². The quantitative estimate of drug-likeness (QED) is 0.138. The van der Waals surface area contributed by atoms with Crippen LogP contribution in [0.5, 0.6) is 5.75 Å². The van der Waals surface area contributed by atoms with E-state index in [0.29, 0.717) is 18.4 Å². The lowest BCUT2D eigenvalue weighted by Gasteiger charge is -2.11. The fourth-order valence-corrected chi connectivity index (χ4v) is 3.69. The number of carbonyl (C=O) groups excluding carboxylic acids is 1. The summed E-state index contributed by atoms with van der Waals surface area (Å²) in [5, 5.41) is 8.90. The maximum absolute atomic E-state index is 11.8. The van der Waals surface area contributed by atoms with Crippen LogP contribution in [0.3, 0.4) is 0 Å². The van der Waals surface area contributed by atoms with Crippen LogP contribution < -0.4 is 4.74 Å². The molecule has 0 amide bonds. The second kappa shape index (κ2) is 16.3. The Morgan fingerprint density at radius 2 is 1.41 bits per heavy atom. The topological polar surface area (TPSA) is 59.3 Å². The number of esters is 1. The SMILES string of the molecule is C=CCC(C=C)OC(=O)CCCCCCCCCCOc1ccc(-c2ccc(C#N)cc2)cc1. The maximum atomic E-state index is 11.8. The number of unbranched alkanes of at least 4 members (excludes halogenated alkanes) is 7. The fourth-order valence-electron chi connectivity index (χ4n) is 3.69. The summed E-state index contributed by atoms with van der Waals surface area (Å²) in [6.45, 7) is 8.07. The van der Waals surface area contributed by atoms with Crippen molar-refractivity contribution in [1.29, 1.82) is 5.26 Å². The van der Waals surface area contributed by atoms with E-state index in [4.69, 9.17) is 14.7 Å². The van der Waals surface area contributed by atoms with Crippen LogP contribution in [0.25, 0.3) is 11.1 Å². The van der Waals surface area contributed by atoms with E-state index in [1.807, 2.05) is 36.4 Å². The lowest BCUT2D eigenvalue weighted by atomic mass is 10.0. The van der Waals surface area contributed by atoms with E-state index >= 15 is 0 Å². The van der Waals surface area contributed by atoms with Crippen LogP contribution in [0.2, 0.25) is 0 Å². The van der Waals surface area contributed by atoms with Gasteiger partial charge in [0.05, 0.1) is 18.2 Å². The van der Waals surface area contributed by atoms with E-state index in [0.717, 1.165) is 49.2 Å². The third kappa shape index (κ3) is 10.5. The lowest BCUT2D eigenvalue weighted by molar-refractivity contribution is -0.146. The molecule has 4 heteroatoms. The van der Waals surface area contributed by atoms with Gasteiger partial charge < -0.3 is 9.47 Å². The molecule has 34 heavy (non-hydrogen) atoms. The Balaban J connectivity index is 1.47. The number of nitrogens with zero attached hydrogens (tertiary/aromatic N) is 1. The molecule has 0 radical (unpaired) electrons. The van der Waals surface area contributed by atoms with Crippen LogP contribution in [0, 0.1) is 11.3 Å². The van der Waals surface area contributed by atoms with Crippen LogP contribution in [0.15, 0.2) is 73.8 Å². The predicted octanol–water partition coefficient (Wildman–Crippen LogP) is 7.79. The third-order valence-electron chi connectivity index (χ3n) is 5.69.